The molecule has 1 spiro atoms. The fraction of sp³-hybridized carbons (Fsp3) is 0.682. The van der Waals surface area contributed by atoms with Crippen molar-refractivity contribution >= 4 is 11.8 Å². The van der Waals surface area contributed by atoms with Gasteiger partial charge in [0.25, 0.3) is 0 Å². The summed E-state index contributed by atoms with van der Waals surface area (Å²) < 4.78 is 11.4. The van der Waals surface area contributed by atoms with Gasteiger partial charge in [-0.2, -0.15) is 0 Å². The smallest absolute Gasteiger partial charge is 0.230 e. The second-order valence-electron chi connectivity index (χ2n) is 9.13. The molecule has 156 valence electrons. The van der Waals surface area contributed by atoms with Gasteiger partial charge < -0.3 is 19.1 Å². The lowest BCUT2D eigenvalue weighted by molar-refractivity contribution is -0.143. The molecule has 0 radical (unpaired) electrons. The Labute approximate surface area is 171 Å². The summed E-state index contributed by atoms with van der Waals surface area (Å²) in [6.07, 6.45) is 10.7. The number of rotatable bonds is 4. The van der Waals surface area contributed by atoms with Crippen molar-refractivity contribution in [2.24, 2.45) is 11.8 Å². The van der Waals surface area contributed by atoms with Crippen LogP contribution in [0.1, 0.15) is 50.0 Å². The number of aromatic nitrogens is 1. The number of hydrogen-bond donors (Lipinski definition) is 0. The molecule has 1 saturated carbocycles. The number of hydrogen-bond acceptors (Lipinski definition) is 5. The molecule has 2 amide bonds. The molecule has 4 heterocycles. The first-order chi connectivity index (χ1) is 14.0. The zero-order valence-electron chi connectivity index (χ0n) is 17.2. The highest BCUT2D eigenvalue weighted by Crippen LogP contribution is 2.53. The van der Waals surface area contributed by atoms with Crippen molar-refractivity contribution in [1.82, 2.24) is 15.0 Å². The summed E-state index contributed by atoms with van der Waals surface area (Å²) in [7, 11) is 1.76. The molecule has 1 aliphatic carbocycles. The predicted octanol–water partition coefficient (Wildman–Crippen LogP) is 2.45. The molecule has 3 aliphatic heterocycles. The van der Waals surface area contributed by atoms with Gasteiger partial charge in [-0.15, -0.1) is 0 Å². The van der Waals surface area contributed by atoms with E-state index in [4.69, 9.17) is 9.26 Å². The van der Waals surface area contributed by atoms with Crippen molar-refractivity contribution in [3.63, 3.8) is 0 Å². The molecule has 0 unspecified atom stereocenters. The molecule has 0 N–H and O–H groups in total. The minimum absolute atomic E-state index is 0.0528. The first-order valence-corrected chi connectivity index (χ1v) is 10.8. The van der Waals surface area contributed by atoms with E-state index in [0.717, 1.165) is 18.6 Å². The van der Waals surface area contributed by atoms with Crippen LogP contribution < -0.4 is 0 Å². The van der Waals surface area contributed by atoms with Crippen molar-refractivity contribution in [2.75, 3.05) is 13.6 Å². The van der Waals surface area contributed by atoms with Gasteiger partial charge in [0, 0.05) is 19.2 Å². The third-order valence-corrected chi connectivity index (χ3v) is 7.13. The van der Waals surface area contributed by atoms with E-state index in [1.807, 2.05) is 30.0 Å². The highest BCUT2D eigenvalue weighted by atomic mass is 16.5. The molecule has 5 rings (SSSR count). The second kappa shape index (κ2) is 6.97. The molecule has 1 aromatic rings. The fourth-order valence-electron chi connectivity index (χ4n) is 5.76. The summed E-state index contributed by atoms with van der Waals surface area (Å²) >= 11 is 0. The molecule has 3 fully saturated rings. The Bertz CT molecular complexity index is 841. The highest BCUT2D eigenvalue weighted by Gasteiger charge is 2.67. The van der Waals surface area contributed by atoms with Crippen LogP contribution in [0.3, 0.4) is 0 Å². The molecule has 4 atom stereocenters. The molecule has 7 nitrogen and oxygen atoms in total. The van der Waals surface area contributed by atoms with E-state index in [9.17, 15) is 9.59 Å². The third-order valence-electron chi connectivity index (χ3n) is 7.13. The van der Waals surface area contributed by atoms with Crippen molar-refractivity contribution < 1.29 is 18.8 Å². The number of likely N-dealkylation sites (tertiary alicyclic amines) is 1. The standard InChI is InChI=1S/C22H29N3O4/c1-14-11-15(23-29-14)12-24(2)20(26)18-17-9-10-22(28-17)13-25(21(27)19(18)22)16-7-5-3-4-6-8-16/h9-11,16-19H,3-8,12-13H2,1-2H3/t17-,18+,19+,22-/m0/s1. The number of fused-ring (bicyclic) bond motifs is 1. The predicted molar refractivity (Wildman–Crippen MR) is 105 cm³/mol. The second-order valence-corrected chi connectivity index (χ2v) is 9.13. The average Bonchev–Trinajstić information content (AvgIpc) is 3.38. The van der Waals surface area contributed by atoms with Crippen LogP contribution >= 0.6 is 0 Å². The molecule has 2 saturated heterocycles. The Morgan fingerprint density at radius 2 is 2.07 bits per heavy atom. The van der Waals surface area contributed by atoms with Gasteiger partial charge in [0.2, 0.25) is 11.8 Å². The van der Waals surface area contributed by atoms with Crippen LogP contribution in [0.25, 0.3) is 0 Å². The fourth-order valence-corrected chi connectivity index (χ4v) is 5.76. The van der Waals surface area contributed by atoms with E-state index >= 15 is 0 Å². The van der Waals surface area contributed by atoms with Crippen molar-refractivity contribution in [3.8, 4) is 0 Å². The SMILES string of the molecule is Cc1cc(CN(C)C(=O)[C@@H]2[C@@H]3C=C[C@@]4(CN(C5CCCCCC5)C(=O)[C@@H]24)O3)no1. The lowest BCUT2D eigenvalue weighted by Crippen LogP contribution is -2.45. The van der Waals surface area contributed by atoms with Gasteiger partial charge in [0.1, 0.15) is 17.1 Å². The van der Waals surface area contributed by atoms with Crippen molar-refractivity contribution in [1.29, 1.82) is 0 Å². The van der Waals surface area contributed by atoms with Gasteiger partial charge >= 0.3 is 0 Å². The number of ether oxygens (including phenoxy) is 1. The zero-order chi connectivity index (χ0) is 20.2. The van der Waals surface area contributed by atoms with Gasteiger partial charge in [-0.05, 0) is 19.8 Å². The van der Waals surface area contributed by atoms with E-state index in [-0.39, 0.29) is 24.0 Å². The van der Waals surface area contributed by atoms with Crippen molar-refractivity contribution in [2.45, 2.75) is 69.7 Å². The molecule has 7 heteroatoms. The molecule has 29 heavy (non-hydrogen) atoms. The molecule has 1 aromatic heterocycles. The van der Waals surface area contributed by atoms with Gasteiger partial charge in [0.05, 0.1) is 31.0 Å². The quantitative estimate of drug-likeness (QED) is 0.574. The van der Waals surface area contributed by atoms with E-state index < -0.39 is 17.4 Å². The summed E-state index contributed by atoms with van der Waals surface area (Å²) in [5.74, 6) is -0.0947. The lowest BCUT2D eigenvalue weighted by atomic mass is 9.76. The van der Waals surface area contributed by atoms with E-state index in [1.165, 1.54) is 25.7 Å². The molecular weight excluding hydrogens is 370 g/mol. The van der Waals surface area contributed by atoms with Crippen molar-refractivity contribution in [3.05, 3.63) is 29.7 Å². The maximum atomic E-state index is 13.5. The Hall–Kier alpha value is -2.15. The summed E-state index contributed by atoms with van der Waals surface area (Å²) in [5, 5.41) is 3.99. The van der Waals surface area contributed by atoms with Crippen LogP contribution in [0.15, 0.2) is 22.7 Å². The Kier molecular flexibility index (Phi) is 4.53. The van der Waals surface area contributed by atoms with Crippen LogP contribution in [0, 0.1) is 18.8 Å². The molecule has 4 aliphatic rings. The van der Waals surface area contributed by atoms with Crippen LogP contribution in [-0.2, 0) is 20.9 Å². The Balaban J connectivity index is 1.36. The Morgan fingerprint density at radius 1 is 1.31 bits per heavy atom. The summed E-state index contributed by atoms with van der Waals surface area (Å²) in [5.41, 5.74) is 0.0881. The van der Waals surface area contributed by atoms with Crippen LogP contribution in [-0.4, -0.2) is 58.1 Å². The normalized spacial score (nSPS) is 33.9. The number of aryl methyl sites for hydroxylation is 1. The maximum Gasteiger partial charge on any atom is 0.230 e. The van der Waals surface area contributed by atoms with Crippen LogP contribution in [0.5, 0.6) is 0 Å². The topological polar surface area (TPSA) is 75.9 Å². The molecule has 2 bridgehead atoms. The first kappa shape index (κ1) is 18.9. The largest absolute Gasteiger partial charge is 0.361 e. The van der Waals surface area contributed by atoms with E-state index in [0.29, 0.717) is 18.8 Å². The number of amides is 2. The number of nitrogens with zero attached hydrogens (tertiary/aromatic N) is 3. The monoisotopic (exact) mass is 399 g/mol. The molecule has 0 aromatic carbocycles. The lowest BCUT2D eigenvalue weighted by Gasteiger charge is -2.30. The first-order valence-electron chi connectivity index (χ1n) is 10.8. The summed E-state index contributed by atoms with van der Waals surface area (Å²) in [6, 6.07) is 2.12. The van der Waals surface area contributed by atoms with E-state index in [2.05, 4.69) is 5.16 Å². The summed E-state index contributed by atoms with van der Waals surface area (Å²) in [6.45, 7) is 2.78. The van der Waals surface area contributed by atoms with E-state index in [1.54, 1.807) is 11.9 Å². The van der Waals surface area contributed by atoms with Crippen LogP contribution in [0.4, 0.5) is 0 Å². The van der Waals surface area contributed by atoms with Gasteiger partial charge in [-0.3, -0.25) is 9.59 Å². The summed E-state index contributed by atoms with van der Waals surface area (Å²) in [4.78, 5) is 30.5. The maximum absolute atomic E-state index is 13.5. The minimum atomic E-state index is -0.625. The number of carbonyl (C=O) groups is 2. The van der Waals surface area contributed by atoms with Gasteiger partial charge in [0.15, 0.2) is 0 Å². The third kappa shape index (κ3) is 3.01. The zero-order valence-corrected chi connectivity index (χ0v) is 17.2. The minimum Gasteiger partial charge on any atom is -0.361 e. The van der Waals surface area contributed by atoms with Gasteiger partial charge in [-0.25, -0.2) is 0 Å². The molecular formula is C22H29N3O4. The van der Waals surface area contributed by atoms with Gasteiger partial charge in [-0.1, -0.05) is 43.0 Å². The average molecular weight is 399 g/mol. The highest BCUT2D eigenvalue weighted by molar-refractivity contribution is 5.93. The number of carbonyl (C=O) groups excluding carboxylic acids is 2. The Morgan fingerprint density at radius 3 is 2.76 bits per heavy atom. The van der Waals surface area contributed by atoms with Crippen LogP contribution in [0.2, 0.25) is 0 Å².